The summed E-state index contributed by atoms with van der Waals surface area (Å²) in [5.41, 5.74) is 2.96. The predicted molar refractivity (Wildman–Crippen MR) is 104 cm³/mol. The van der Waals surface area contributed by atoms with E-state index in [9.17, 15) is 22.7 Å². The van der Waals surface area contributed by atoms with Crippen molar-refractivity contribution in [1.82, 2.24) is 4.57 Å². The van der Waals surface area contributed by atoms with Gasteiger partial charge in [-0.2, -0.15) is 0 Å². The van der Waals surface area contributed by atoms with Crippen LogP contribution in [0.2, 0.25) is 5.02 Å². The van der Waals surface area contributed by atoms with E-state index in [2.05, 4.69) is 0 Å². The zero-order valence-electron chi connectivity index (χ0n) is 14.7. The number of nitrogens with zero attached hydrogens (tertiary/aromatic N) is 1. The first-order valence-electron chi connectivity index (χ1n) is 8.80. The Bertz CT molecular complexity index is 1160. The molecule has 1 atom stereocenters. The van der Waals surface area contributed by atoms with Gasteiger partial charge >= 0.3 is 5.97 Å². The highest BCUT2D eigenvalue weighted by molar-refractivity contribution is 7.72. The second-order valence-corrected chi connectivity index (χ2v) is 8.42. The van der Waals surface area contributed by atoms with Crippen molar-refractivity contribution in [2.75, 3.05) is 0 Å². The van der Waals surface area contributed by atoms with E-state index in [0.29, 0.717) is 35.3 Å². The highest BCUT2D eigenvalue weighted by Gasteiger charge is 2.32. The molecule has 0 spiro atoms. The molecule has 0 aliphatic heterocycles. The molecular weight excluding hydrogens is 405 g/mol. The number of benzene rings is 2. The molecule has 146 valence electrons. The van der Waals surface area contributed by atoms with E-state index in [4.69, 9.17) is 11.6 Å². The molecule has 0 saturated heterocycles. The summed E-state index contributed by atoms with van der Waals surface area (Å²) in [6, 6.07) is 9.52. The van der Waals surface area contributed by atoms with Crippen LogP contribution in [0.5, 0.6) is 0 Å². The highest BCUT2D eigenvalue weighted by Crippen LogP contribution is 2.43. The van der Waals surface area contributed by atoms with Gasteiger partial charge in [0.2, 0.25) is 0 Å². The molecule has 4 rings (SSSR count). The second kappa shape index (κ2) is 7.22. The van der Waals surface area contributed by atoms with Gasteiger partial charge in [0, 0.05) is 28.6 Å². The summed E-state index contributed by atoms with van der Waals surface area (Å²) in [5.74, 6) is -1.77. The smallest absolute Gasteiger partial charge is 0.304 e. The molecule has 0 amide bonds. The van der Waals surface area contributed by atoms with Crippen molar-refractivity contribution in [3.8, 4) is 0 Å². The lowest BCUT2D eigenvalue weighted by molar-refractivity contribution is -0.137. The zero-order chi connectivity index (χ0) is 20.0. The minimum Gasteiger partial charge on any atom is -0.481 e. The van der Waals surface area contributed by atoms with Crippen molar-refractivity contribution in [2.45, 2.75) is 36.6 Å². The molecule has 3 aromatic rings. The van der Waals surface area contributed by atoms with Crippen molar-refractivity contribution in [3.63, 3.8) is 0 Å². The number of carbonyl (C=O) groups is 1. The van der Waals surface area contributed by atoms with Crippen molar-refractivity contribution in [2.24, 2.45) is 0 Å². The topological polar surface area (TPSA) is 76.4 Å². The quantitative estimate of drug-likeness (QED) is 0.611. The molecule has 8 heteroatoms. The summed E-state index contributed by atoms with van der Waals surface area (Å²) >= 11 is 5.95. The third-order valence-electron chi connectivity index (χ3n) is 5.25. The molecule has 0 unspecified atom stereocenters. The Morgan fingerprint density at radius 2 is 1.96 bits per heavy atom. The minimum absolute atomic E-state index is 0.0503. The zero-order valence-corrected chi connectivity index (χ0v) is 16.3. The van der Waals surface area contributed by atoms with Gasteiger partial charge in [-0.1, -0.05) is 23.7 Å². The number of carboxylic acid groups (broad SMARTS) is 1. The molecule has 28 heavy (non-hydrogen) atoms. The number of carboxylic acids is 1. The fourth-order valence-electron chi connectivity index (χ4n) is 4.19. The SMILES string of the molecule is O=C(O)C[C@H]1CCc2c1n(Cc1ccc(Cl)cc1)c1c([SH](=O)=O)cc(F)cc21. The Labute approximate surface area is 167 Å². The van der Waals surface area contributed by atoms with Gasteiger partial charge in [0.15, 0.2) is 10.7 Å². The maximum absolute atomic E-state index is 14.1. The van der Waals surface area contributed by atoms with E-state index in [0.717, 1.165) is 22.9 Å². The number of aromatic nitrogens is 1. The monoisotopic (exact) mass is 421 g/mol. The van der Waals surface area contributed by atoms with Crippen LogP contribution in [0, 0.1) is 5.82 Å². The standard InChI is InChI=1S/C20H17ClFNO4S/c21-13-4-1-11(2-5-13)10-23-19-12(7-18(24)25)3-6-15(19)16-8-14(22)9-17(20(16)23)28(26)27/h1-2,4-5,8-9,12,28H,3,6-7,10H2,(H,24,25)/t12-/m1/s1. The number of aliphatic carboxylic acids is 1. The summed E-state index contributed by atoms with van der Waals surface area (Å²) < 4.78 is 39.7. The van der Waals surface area contributed by atoms with Crippen LogP contribution < -0.4 is 0 Å². The van der Waals surface area contributed by atoms with Crippen LogP contribution in [0.3, 0.4) is 0 Å². The molecule has 1 aliphatic carbocycles. The maximum Gasteiger partial charge on any atom is 0.304 e. The lowest BCUT2D eigenvalue weighted by Crippen LogP contribution is -2.11. The molecule has 1 aliphatic rings. The summed E-state index contributed by atoms with van der Waals surface area (Å²) in [5, 5.41) is 10.4. The largest absolute Gasteiger partial charge is 0.481 e. The van der Waals surface area contributed by atoms with Crippen LogP contribution in [0.1, 0.15) is 35.6 Å². The van der Waals surface area contributed by atoms with E-state index in [1.165, 1.54) is 6.07 Å². The molecule has 0 fully saturated rings. The van der Waals surface area contributed by atoms with Gasteiger partial charge in [-0.15, -0.1) is 0 Å². The third-order valence-corrected chi connectivity index (χ3v) is 6.24. The fourth-order valence-corrected chi connectivity index (χ4v) is 4.96. The van der Waals surface area contributed by atoms with E-state index in [1.807, 2.05) is 16.7 Å². The van der Waals surface area contributed by atoms with Gasteiger partial charge in [0.1, 0.15) is 5.82 Å². The number of rotatable bonds is 5. The van der Waals surface area contributed by atoms with Gasteiger partial charge in [-0.05, 0) is 48.2 Å². The van der Waals surface area contributed by atoms with E-state index >= 15 is 0 Å². The van der Waals surface area contributed by atoms with Gasteiger partial charge < -0.3 is 9.67 Å². The van der Waals surface area contributed by atoms with Gasteiger partial charge in [-0.3, -0.25) is 4.79 Å². The molecule has 1 heterocycles. The van der Waals surface area contributed by atoms with Crippen molar-refractivity contribution in [1.29, 1.82) is 0 Å². The van der Waals surface area contributed by atoms with Crippen LogP contribution in [0.25, 0.3) is 10.9 Å². The Morgan fingerprint density at radius 3 is 2.61 bits per heavy atom. The molecule has 0 radical (unpaired) electrons. The highest BCUT2D eigenvalue weighted by atomic mass is 35.5. The summed E-state index contributed by atoms with van der Waals surface area (Å²) in [4.78, 5) is 11.3. The maximum atomic E-state index is 14.1. The van der Waals surface area contributed by atoms with Gasteiger partial charge in [0.25, 0.3) is 0 Å². The molecule has 1 aromatic heterocycles. The summed E-state index contributed by atoms with van der Waals surface area (Å²) in [6.45, 7) is 0.348. The first kappa shape index (κ1) is 19.0. The number of halogens is 2. The lowest BCUT2D eigenvalue weighted by atomic mass is 10.0. The Kier molecular flexibility index (Phi) is 4.89. The Morgan fingerprint density at radius 1 is 1.25 bits per heavy atom. The minimum atomic E-state index is -3.02. The molecule has 2 aromatic carbocycles. The Balaban J connectivity index is 1.99. The van der Waals surface area contributed by atoms with Gasteiger partial charge in [0.05, 0.1) is 16.8 Å². The molecule has 0 bridgehead atoms. The molecule has 5 nitrogen and oxygen atoms in total. The summed E-state index contributed by atoms with van der Waals surface area (Å²) in [7, 11) is -3.02. The van der Waals surface area contributed by atoms with Crippen LogP contribution in [-0.2, 0) is 28.5 Å². The van der Waals surface area contributed by atoms with Crippen molar-refractivity contribution >= 4 is 39.2 Å². The normalized spacial score (nSPS) is 16.0. The first-order chi connectivity index (χ1) is 13.3. The molecule has 1 N–H and O–H groups in total. The summed E-state index contributed by atoms with van der Waals surface area (Å²) in [6.07, 6.45) is 1.18. The number of thiol groups is 1. The predicted octanol–water partition coefficient (Wildman–Crippen LogP) is 3.96. The lowest BCUT2D eigenvalue weighted by Gasteiger charge is -2.16. The average molecular weight is 422 g/mol. The number of hydrogen-bond acceptors (Lipinski definition) is 3. The van der Waals surface area contributed by atoms with Crippen LogP contribution in [0.15, 0.2) is 41.3 Å². The number of fused-ring (bicyclic) bond motifs is 3. The first-order valence-corrected chi connectivity index (χ1v) is 10.4. The number of hydrogen-bond donors (Lipinski definition) is 2. The van der Waals surface area contributed by atoms with E-state index in [1.54, 1.807) is 12.1 Å². The third kappa shape index (κ3) is 3.29. The van der Waals surface area contributed by atoms with Crippen molar-refractivity contribution < 1.29 is 22.7 Å². The average Bonchev–Trinajstić information content (AvgIpc) is 3.16. The van der Waals surface area contributed by atoms with E-state index < -0.39 is 22.5 Å². The van der Waals surface area contributed by atoms with Crippen LogP contribution in [0.4, 0.5) is 4.39 Å². The van der Waals surface area contributed by atoms with E-state index in [-0.39, 0.29) is 17.2 Å². The molecule has 0 saturated carbocycles. The Hall–Kier alpha value is -2.38. The van der Waals surface area contributed by atoms with Gasteiger partial charge in [-0.25, -0.2) is 12.8 Å². The van der Waals surface area contributed by atoms with Crippen LogP contribution in [-0.4, -0.2) is 24.1 Å². The number of aryl methyl sites for hydroxylation is 1. The molecular formula is C20H17ClFNO4S. The fraction of sp³-hybridized carbons (Fsp3) is 0.250. The van der Waals surface area contributed by atoms with Crippen LogP contribution >= 0.6 is 11.6 Å². The van der Waals surface area contributed by atoms with Crippen molar-refractivity contribution in [3.05, 3.63) is 64.1 Å². The second-order valence-electron chi connectivity index (χ2n) is 6.99.